The summed E-state index contributed by atoms with van der Waals surface area (Å²) in [6, 6.07) is 8.42. The summed E-state index contributed by atoms with van der Waals surface area (Å²) in [6.07, 6.45) is 2.32. The van der Waals surface area contributed by atoms with E-state index in [1.807, 2.05) is 20.0 Å². The van der Waals surface area contributed by atoms with Gasteiger partial charge in [-0.2, -0.15) is 0 Å². The lowest BCUT2D eigenvalue weighted by molar-refractivity contribution is 0.116. The van der Waals surface area contributed by atoms with E-state index >= 15 is 0 Å². The zero-order chi connectivity index (χ0) is 22.1. The SMILES string of the molecule is COC(C)c1ncc(C)cc1-c1c(CC(C)(C)CO)c2cc(C)ccc2n1CCF. The van der Waals surface area contributed by atoms with Gasteiger partial charge < -0.3 is 14.4 Å². The highest BCUT2D eigenvalue weighted by atomic mass is 19.1. The van der Waals surface area contributed by atoms with E-state index in [2.05, 4.69) is 49.6 Å². The molecule has 0 aliphatic heterocycles. The topological polar surface area (TPSA) is 47.3 Å². The molecule has 3 aromatic rings. The molecule has 0 fully saturated rings. The Kier molecular flexibility index (Phi) is 6.63. The molecule has 0 amide bonds. The Morgan fingerprint density at radius 1 is 1.20 bits per heavy atom. The first-order chi connectivity index (χ1) is 14.2. The third-order valence-electron chi connectivity index (χ3n) is 5.76. The maximum absolute atomic E-state index is 13.7. The van der Waals surface area contributed by atoms with Gasteiger partial charge in [0.1, 0.15) is 6.67 Å². The number of alkyl halides is 1. The molecule has 1 aromatic carbocycles. The second-order valence-electron chi connectivity index (χ2n) is 9.01. The van der Waals surface area contributed by atoms with Crippen molar-refractivity contribution in [1.29, 1.82) is 0 Å². The van der Waals surface area contributed by atoms with Crippen molar-refractivity contribution in [3.05, 3.63) is 52.8 Å². The van der Waals surface area contributed by atoms with Crippen LogP contribution in [-0.2, 0) is 17.7 Å². The highest BCUT2D eigenvalue weighted by molar-refractivity contribution is 5.93. The van der Waals surface area contributed by atoms with Crippen molar-refractivity contribution in [1.82, 2.24) is 9.55 Å². The number of aliphatic hydroxyl groups is 1. The first-order valence-corrected chi connectivity index (χ1v) is 10.5. The van der Waals surface area contributed by atoms with Gasteiger partial charge >= 0.3 is 0 Å². The number of aryl methyl sites for hydroxylation is 3. The molecule has 1 atom stereocenters. The lowest BCUT2D eigenvalue weighted by Crippen LogP contribution is -2.20. The Hall–Kier alpha value is -2.24. The Balaban J connectivity index is 2.44. The van der Waals surface area contributed by atoms with E-state index in [1.165, 1.54) is 0 Å². The number of halogens is 1. The van der Waals surface area contributed by atoms with E-state index in [0.717, 1.165) is 44.5 Å². The zero-order valence-corrected chi connectivity index (χ0v) is 18.9. The molecule has 0 radical (unpaired) electrons. The lowest BCUT2D eigenvalue weighted by Gasteiger charge is -2.24. The molecular formula is C25H33FN2O2. The van der Waals surface area contributed by atoms with Crippen molar-refractivity contribution >= 4 is 10.9 Å². The van der Waals surface area contributed by atoms with Crippen LogP contribution in [0.25, 0.3) is 22.2 Å². The quantitative estimate of drug-likeness (QED) is 0.527. The fourth-order valence-corrected chi connectivity index (χ4v) is 4.08. The van der Waals surface area contributed by atoms with Crippen LogP contribution in [0.5, 0.6) is 0 Å². The van der Waals surface area contributed by atoms with Crippen LogP contribution < -0.4 is 0 Å². The van der Waals surface area contributed by atoms with E-state index in [4.69, 9.17) is 9.72 Å². The third-order valence-corrected chi connectivity index (χ3v) is 5.76. The summed E-state index contributed by atoms with van der Waals surface area (Å²) in [6.45, 7) is 10.0. The average molecular weight is 413 g/mol. The number of methoxy groups -OCH3 is 1. The molecule has 0 spiro atoms. The Bertz CT molecular complexity index is 1040. The highest BCUT2D eigenvalue weighted by Gasteiger charge is 2.27. The second kappa shape index (κ2) is 8.86. The standard InChI is InChI=1S/C25H33FN2O2/c1-16-7-8-22-19(11-16)21(13-25(4,5)15-29)24(28(22)10-9-26)20-12-17(2)14-27-23(20)18(3)30-6/h7-8,11-12,14,18,29H,9-10,13,15H2,1-6H3. The summed E-state index contributed by atoms with van der Waals surface area (Å²) < 4.78 is 21.4. The molecule has 0 aliphatic rings. The van der Waals surface area contributed by atoms with Gasteiger partial charge in [0.25, 0.3) is 0 Å². The predicted molar refractivity (Wildman–Crippen MR) is 121 cm³/mol. The van der Waals surface area contributed by atoms with Gasteiger partial charge in [0.15, 0.2) is 0 Å². The molecule has 30 heavy (non-hydrogen) atoms. The number of aromatic nitrogens is 2. The molecular weight excluding hydrogens is 379 g/mol. The smallest absolute Gasteiger partial charge is 0.107 e. The van der Waals surface area contributed by atoms with Gasteiger partial charge in [0.05, 0.1) is 24.0 Å². The molecule has 1 N–H and O–H groups in total. The minimum absolute atomic E-state index is 0.0709. The van der Waals surface area contributed by atoms with Gasteiger partial charge in [-0.05, 0) is 61.9 Å². The van der Waals surface area contributed by atoms with Crippen molar-refractivity contribution < 1.29 is 14.2 Å². The van der Waals surface area contributed by atoms with Crippen molar-refractivity contribution in [3.63, 3.8) is 0 Å². The number of ether oxygens (including phenoxy) is 1. The second-order valence-corrected chi connectivity index (χ2v) is 9.01. The number of rotatable bonds is 8. The van der Waals surface area contributed by atoms with Crippen LogP contribution in [-0.4, -0.2) is 35.0 Å². The molecule has 0 bridgehead atoms. The molecule has 162 valence electrons. The van der Waals surface area contributed by atoms with Gasteiger partial charge in [-0.1, -0.05) is 25.5 Å². The number of hydrogen-bond acceptors (Lipinski definition) is 3. The summed E-state index contributed by atoms with van der Waals surface area (Å²) in [4.78, 5) is 4.69. The molecule has 1 unspecified atom stereocenters. The maximum atomic E-state index is 13.7. The van der Waals surface area contributed by atoms with Crippen molar-refractivity contribution in [2.24, 2.45) is 5.41 Å². The zero-order valence-electron chi connectivity index (χ0n) is 18.9. The fourth-order valence-electron chi connectivity index (χ4n) is 4.08. The van der Waals surface area contributed by atoms with Crippen LogP contribution in [0, 0.1) is 19.3 Å². The van der Waals surface area contributed by atoms with Gasteiger partial charge in [0.2, 0.25) is 0 Å². The van der Waals surface area contributed by atoms with Gasteiger partial charge in [-0.3, -0.25) is 4.98 Å². The minimum Gasteiger partial charge on any atom is -0.396 e. The number of aliphatic hydroxyl groups excluding tert-OH is 1. The van der Waals surface area contributed by atoms with Crippen molar-refractivity contribution in [2.45, 2.75) is 53.7 Å². The van der Waals surface area contributed by atoms with Crippen LogP contribution in [0.15, 0.2) is 30.5 Å². The van der Waals surface area contributed by atoms with Gasteiger partial charge in [0, 0.05) is 36.4 Å². The molecule has 0 saturated heterocycles. The summed E-state index contributed by atoms with van der Waals surface area (Å²) >= 11 is 0. The van der Waals surface area contributed by atoms with E-state index in [-0.39, 0.29) is 24.7 Å². The van der Waals surface area contributed by atoms with Crippen LogP contribution >= 0.6 is 0 Å². The van der Waals surface area contributed by atoms with E-state index < -0.39 is 6.67 Å². The van der Waals surface area contributed by atoms with Crippen LogP contribution in [0.3, 0.4) is 0 Å². The third kappa shape index (κ3) is 4.28. The molecule has 5 heteroatoms. The highest BCUT2D eigenvalue weighted by Crippen LogP contribution is 2.40. The summed E-state index contributed by atoms with van der Waals surface area (Å²) in [5.41, 5.74) is 6.80. The fraction of sp³-hybridized carbons (Fsp3) is 0.480. The summed E-state index contributed by atoms with van der Waals surface area (Å²) in [5, 5.41) is 11.1. The first kappa shape index (κ1) is 22.4. The minimum atomic E-state index is -0.456. The first-order valence-electron chi connectivity index (χ1n) is 10.5. The maximum Gasteiger partial charge on any atom is 0.107 e. The molecule has 0 aliphatic carbocycles. The number of pyridine rings is 1. The van der Waals surface area contributed by atoms with Crippen LogP contribution in [0.1, 0.15) is 49.3 Å². The molecule has 4 nitrogen and oxygen atoms in total. The molecule has 2 aromatic heterocycles. The Labute approximate surface area is 178 Å². The van der Waals surface area contributed by atoms with Gasteiger partial charge in [-0.15, -0.1) is 0 Å². The van der Waals surface area contributed by atoms with Crippen molar-refractivity contribution in [3.8, 4) is 11.3 Å². The largest absolute Gasteiger partial charge is 0.396 e. The summed E-state index contributed by atoms with van der Waals surface area (Å²) in [5.74, 6) is 0. The lowest BCUT2D eigenvalue weighted by atomic mass is 9.84. The van der Waals surface area contributed by atoms with Crippen LogP contribution in [0.2, 0.25) is 0 Å². The Morgan fingerprint density at radius 3 is 2.57 bits per heavy atom. The number of nitrogens with zero attached hydrogens (tertiary/aromatic N) is 2. The van der Waals surface area contributed by atoms with E-state index in [9.17, 15) is 9.50 Å². The number of fused-ring (bicyclic) bond motifs is 1. The normalized spacial score (nSPS) is 13.2. The number of hydrogen-bond donors (Lipinski definition) is 1. The number of benzene rings is 1. The van der Waals surface area contributed by atoms with Crippen LogP contribution in [0.4, 0.5) is 4.39 Å². The van der Waals surface area contributed by atoms with E-state index in [1.54, 1.807) is 7.11 Å². The van der Waals surface area contributed by atoms with E-state index in [0.29, 0.717) is 6.42 Å². The van der Waals surface area contributed by atoms with Crippen molar-refractivity contribution in [2.75, 3.05) is 20.4 Å². The average Bonchev–Trinajstić information content (AvgIpc) is 2.99. The predicted octanol–water partition coefficient (Wildman–Crippen LogP) is 5.56. The molecule has 3 rings (SSSR count). The Morgan fingerprint density at radius 2 is 1.93 bits per heavy atom. The monoisotopic (exact) mass is 412 g/mol. The molecule has 0 saturated carbocycles. The summed E-state index contributed by atoms with van der Waals surface area (Å²) in [7, 11) is 1.67. The molecule has 2 heterocycles. The van der Waals surface area contributed by atoms with Gasteiger partial charge in [-0.25, -0.2) is 4.39 Å².